The molecule has 1 aromatic carbocycles. The van der Waals surface area contributed by atoms with Gasteiger partial charge in [0.05, 0.1) is 12.0 Å². The van der Waals surface area contributed by atoms with Crippen LogP contribution in [0, 0.1) is 11.7 Å². The lowest BCUT2D eigenvalue weighted by Gasteiger charge is -2.31. The first-order valence-corrected chi connectivity index (χ1v) is 5.86. The van der Waals surface area contributed by atoms with Crippen LogP contribution in [0.5, 0.6) is 0 Å². The minimum Gasteiger partial charge on any atom is -0.465 e. The zero-order chi connectivity index (χ0) is 13.1. The van der Waals surface area contributed by atoms with Crippen molar-refractivity contribution in [2.45, 2.75) is 33.1 Å². The third-order valence-corrected chi connectivity index (χ3v) is 3.28. The highest BCUT2D eigenvalue weighted by molar-refractivity contribution is 5.83. The molecule has 1 unspecified atom stereocenters. The zero-order valence-corrected chi connectivity index (χ0v) is 10.8. The fourth-order valence-electron chi connectivity index (χ4n) is 1.78. The van der Waals surface area contributed by atoms with Crippen LogP contribution in [-0.2, 0) is 14.9 Å². The van der Waals surface area contributed by atoms with Gasteiger partial charge in [0.15, 0.2) is 0 Å². The summed E-state index contributed by atoms with van der Waals surface area (Å²) in [6.07, 6.45) is 0. The highest BCUT2D eigenvalue weighted by atomic mass is 19.1. The first-order valence-electron chi connectivity index (χ1n) is 5.86. The molecule has 0 saturated carbocycles. The molecule has 0 heterocycles. The van der Waals surface area contributed by atoms with Gasteiger partial charge in [-0.1, -0.05) is 26.0 Å². The van der Waals surface area contributed by atoms with Crippen molar-refractivity contribution in [3.63, 3.8) is 0 Å². The number of carbonyl (C=O) groups is 1. The molecule has 0 aromatic heterocycles. The van der Waals surface area contributed by atoms with Crippen molar-refractivity contribution >= 4 is 5.97 Å². The van der Waals surface area contributed by atoms with Gasteiger partial charge in [-0.25, -0.2) is 4.39 Å². The molecule has 0 aliphatic heterocycles. The van der Waals surface area contributed by atoms with Crippen LogP contribution in [0.25, 0.3) is 0 Å². The highest BCUT2D eigenvalue weighted by Gasteiger charge is 2.40. The summed E-state index contributed by atoms with van der Waals surface area (Å²) >= 11 is 0. The molecule has 0 radical (unpaired) electrons. The van der Waals surface area contributed by atoms with Gasteiger partial charge in [0, 0.05) is 0 Å². The van der Waals surface area contributed by atoms with Gasteiger partial charge in [-0.05, 0) is 37.5 Å². The molecule has 0 fully saturated rings. The predicted molar refractivity (Wildman–Crippen MR) is 65.2 cm³/mol. The summed E-state index contributed by atoms with van der Waals surface area (Å²) in [6.45, 7) is 7.76. The first kappa shape index (κ1) is 13.7. The minimum atomic E-state index is -0.807. The van der Waals surface area contributed by atoms with Crippen molar-refractivity contribution in [2.24, 2.45) is 5.92 Å². The molecular weight excluding hydrogens is 219 g/mol. The average molecular weight is 238 g/mol. The summed E-state index contributed by atoms with van der Waals surface area (Å²) in [4.78, 5) is 12.1. The lowest BCUT2D eigenvalue weighted by atomic mass is 9.73. The van der Waals surface area contributed by atoms with Gasteiger partial charge < -0.3 is 4.74 Å². The van der Waals surface area contributed by atoms with Gasteiger partial charge >= 0.3 is 5.97 Å². The summed E-state index contributed by atoms with van der Waals surface area (Å²) < 4.78 is 18.4. The maximum Gasteiger partial charge on any atom is 0.316 e. The van der Waals surface area contributed by atoms with E-state index >= 15 is 0 Å². The van der Waals surface area contributed by atoms with E-state index < -0.39 is 5.41 Å². The molecule has 0 bridgehead atoms. The third-order valence-electron chi connectivity index (χ3n) is 3.28. The summed E-state index contributed by atoms with van der Waals surface area (Å²) in [5.41, 5.74) is -0.149. The van der Waals surface area contributed by atoms with E-state index in [2.05, 4.69) is 0 Å². The Labute approximate surface area is 102 Å². The molecule has 0 N–H and O–H groups in total. The molecule has 0 amide bonds. The van der Waals surface area contributed by atoms with Crippen LogP contribution in [0.4, 0.5) is 4.39 Å². The predicted octanol–water partition coefficient (Wildman–Crippen LogP) is 3.30. The monoisotopic (exact) mass is 238 g/mol. The average Bonchev–Trinajstić information content (AvgIpc) is 2.27. The topological polar surface area (TPSA) is 26.3 Å². The number of esters is 1. The zero-order valence-electron chi connectivity index (χ0n) is 10.8. The molecule has 2 nitrogen and oxygen atoms in total. The van der Waals surface area contributed by atoms with Crippen LogP contribution in [-0.4, -0.2) is 12.6 Å². The van der Waals surface area contributed by atoms with Crippen LogP contribution in [0.1, 0.15) is 33.3 Å². The Morgan fingerprint density at radius 2 is 2.12 bits per heavy atom. The van der Waals surface area contributed by atoms with Crippen molar-refractivity contribution in [3.8, 4) is 0 Å². The number of halogens is 1. The molecule has 0 aliphatic rings. The SMILES string of the molecule is CCOC(=O)C(C)(c1cccc(F)c1)C(C)C. The summed E-state index contributed by atoms with van der Waals surface area (Å²) in [6, 6.07) is 6.15. The lowest BCUT2D eigenvalue weighted by molar-refractivity contribution is -0.151. The second kappa shape index (κ2) is 5.30. The van der Waals surface area contributed by atoms with Crippen molar-refractivity contribution in [1.82, 2.24) is 0 Å². The normalized spacial score (nSPS) is 14.5. The lowest BCUT2D eigenvalue weighted by Crippen LogP contribution is -2.39. The standard InChI is InChI=1S/C14H19FO2/c1-5-17-13(16)14(4,10(2)3)11-7-6-8-12(15)9-11/h6-10H,5H2,1-4H3. The fourth-order valence-corrected chi connectivity index (χ4v) is 1.78. The number of benzene rings is 1. The van der Waals surface area contributed by atoms with Gasteiger partial charge in [-0.15, -0.1) is 0 Å². The maximum absolute atomic E-state index is 13.3. The van der Waals surface area contributed by atoms with Crippen molar-refractivity contribution in [1.29, 1.82) is 0 Å². The quantitative estimate of drug-likeness (QED) is 0.752. The van der Waals surface area contributed by atoms with E-state index in [1.807, 2.05) is 13.8 Å². The molecule has 0 spiro atoms. The molecule has 94 valence electrons. The highest BCUT2D eigenvalue weighted by Crippen LogP contribution is 2.33. The molecule has 1 rings (SSSR count). The van der Waals surface area contributed by atoms with Crippen LogP contribution in [0.3, 0.4) is 0 Å². The first-order chi connectivity index (χ1) is 7.92. The molecule has 0 saturated heterocycles. The Hall–Kier alpha value is -1.38. The number of hydrogen-bond donors (Lipinski definition) is 0. The Bertz CT molecular complexity index is 401. The van der Waals surface area contributed by atoms with Crippen molar-refractivity contribution in [2.75, 3.05) is 6.61 Å². The van der Waals surface area contributed by atoms with Gasteiger partial charge in [0.25, 0.3) is 0 Å². The number of rotatable bonds is 4. The van der Waals surface area contributed by atoms with E-state index in [0.29, 0.717) is 12.2 Å². The van der Waals surface area contributed by atoms with E-state index in [9.17, 15) is 9.18 Å². The number of carbonyl (C=O) groups excluding carboxylic acids is 1. The number of ether oxygens (including phenoxy) is 1. The Morgan fingerprint density at radius 1 is 1.47 bits per heavy atom. The molecule has 1 atom stereocenters. The smallest absolute Gasteiger partial charge is 0.316 e. The van der Waals surface area contributed by atoms with E-state index in [1.54, 1.807) is 26.0 Å². The summed E-state index contributed by atoms with van der Waals surface area (Å²) in [7, 11) is 0. The minimum absolute atomic E-state index is 0.0309. The summed E-state index contributed by atoms with van der Waals surface area (Å²) in [5.74, 6) is -0.609. The molecule has 17 heavy (non-hydrogen) atoms. The van der Waals surface area contributed by atoms with Gasteiger partial charge in [-0.2, -0.15) is 0 Å². The number of hydrogen-bond acceptors (Lipinski definition) is 2. The van der Waals surface area contributed by atoms with E-state index in [4.69, 9.17) is 4.74 Å². The molecule has 3 heteroatoms. The summed E-state index contributed by atoms with van der Waals surface area (Å²) in [5, 5.41) is 0. The second-order valence-electron chi connectivity index (χ2n) is 4.59. The van der Waals surface area contributed by atoms with Crippen molar-refractivity contribution < 1.29 is 13.9 Å². The fraction of sp³-hybridized carbons (Fsp3) is 0.500. The second-order valence-corrected chi connectivity index (χ2v) is 4.59. The third kappa shape index (κ3) is 2.65. The van der Waals surface area contributed by atoms with E-state index in [-0.39, 0.29) is 17.7 Å². The van der Waals surface area contributed by atoms with Gasteiger partial charge in [-0.3, -0.25) is 4.79 Å². The van der Waals surface area contributed by atoms with Crippen LogP contribution in [0.15, 0.2) is 24.3 Å². The van der Waals surface area contributed by atoms with E-state index in [1.165, 1.54) is 12.1 Å². The Kier molecular flexibility index (Phi) is 4.27. The van der Waals surface area contributed by atoms with Gasteiger partial charge in [0.2, 0.25) is 0 Å². The molecule has 1 aromatic rings. The largest absolute Gasteiger partial charge is 0.465 e. The maximum atomic E-state index is 13.3. The molecule has 0 aliphatic carbocycles. The van der Waals surface area contributed by atoms with Crippen LogP contribution < -0.4 is 0 Å². The van der Waals surface area contributed by atoms with Gasteiger partial charge in [0.1, 0.15) is 5.82 Å². The molecular formula is C14H19FO2. The Morgan fingerprint density at radius 3 is 2.59 bits per heavy atom. The Balaban J connectivity index is 3.20. The van der Waals surface area contributed by atoms with Crippen LogP contribution >= 0.6 is 0 Å². The van der Waals surface area contributed by atoms with E-state index in [0.717, 1.165) is 0 Å². The van der Waals surface area contributed by atoms with Crippen molar-refractivity contribution in [3.05, 3.63) is 35.6 Å². The van der Waals surface area contributed by atoms with Crippen LogP contribution in [0.2, 0.25) is 0 Å².